The van der Waals surface area contributed by atoms with Crippen molar-refractivity contribution in [3.63, 3.8) is 0 Å². The molecule has 0 radical (unpaired) electrons. The highest BCUT2D eigenvalue weighted by Crippen LogP contribution is 2.14. The summed E-state index contributed by atoms with van der Waals surface area (Å²) in [6.45, 7) is 6.06. The molecule has 1 heterocycles. The Hall–Kier alpha value is -1.83. The highest BCUT2D eigenvalue weighted by atomic mass is 15.2. The maximum Gasteiger partial charge on any atom is 0.129 e. The van der Waals surface area contributed by atoms with Gasteiger partial charge in [0.15, 0.2) is 0 Å². The number of benzene rings is 1. The molecule has 0 saturated carbocycles. The van der Waals surface area contributed by atoms with Crippen LogP contribution in [-0.4, -0.2) is 11.5 Å². The average molecular weight is 226 g/mol. The smallest absolute Gasteiger partial charge is 0.129 e. The molecule has 0 atom stereocenters. The normalized spacial score (nSPS) is 10.2. The van der Waals surface area contributed by atoms with Crippen molar-refractivity contribution in [1.82, 2.24) is 4.98 Å². The zero-order chi connectivity index (χ0) is 12.1. The van der Waals surface area contributed by atoms with Crippen LogP contribution in [0.15, 0.2) is 48.5 Å². The molecule has 1 aromatic carbocycles. The summed E-state index contributed by atoms with van der Waals surface area (Å²) in [7, 11) is 0. The summed E-state index contributed by atoms with van der Waals surface area (Å²) in [5.74, 6) is 1.05. The van der Waals surface area contributed by atoms with Crippen LogP contribution in [0.1, 0.15) is 18.2 Å². The predicted octanol–water partition coefficient (Wildman–Crippen LogP) is 3.42. The van der Waals surface area contributed by atoms with Gasteiger partial charge in [-0.25, -0.2) is 4.98 Å². The molecular formula is C15H18N2. The third-order valence-electron chi connectivity index (χ3n) is 2.80. The van der Waals surface area contributed by atoms with Crippen molar-refractivity contribution < 1.29 is 0 Å². The molecule has 0 saturated heterocycles. The Labute approximate surface area is 103 Å². The molecule has 0 aliphatic carbocycles. The minimum absolute atomic E-state index is 0.911. The van der Waals surface area contributed by atoms with E-state index in [2.05, 4.69) is 53.2 Å². The summed E-state index contributed by atoms with van der Waals surface area (Å²) in [6, 6.07) is 16.7. The van der Waals surface area contributed by atoms with E-state index in [4.69, 9.17) is 0 Å². The molecule has 0 aliphatic rings. The number of anilines is 1. The topological polar surface area (TPSA) is 16.1 Å². The van der Waals surface area contributed by atoms with E-state index in [0.29, 0.717) is 0 Å². The molecule has 2 heteroatoms. The summed E-state index contributed by atoms with van der Waals surface area (Å²) in [5.41, 5.74) is 2.38. The molecule has 0 spiro atoms. The zero-order valence-corrected chi connectivity index (χ0v) is 10.4. The van der Waals surface area contributed by atoms with Gasteiger partial charge in [0.2, 0.25) is 0 Å². The number of aromatic nitrogens is 1. The standard InChI is InChI=1S/C15H18N2/c1-3-17(12-14-9-5-4-6-10-14)15-11-7-8-13(2)16-15/h4-11H,3,12H2,1-2H3. The number of pyridine rings is 1. The largest absolute Gasteiger partial charge is 0.353 e. The Morgan fingerprint density at radius 2 is 1.76 bits per heavy atom. The number of hydrogen-bond donors (Lipinski definition) is 0. The van der Waals surface area contributed by atoms with Gasteiger partial charge in [-0.15, -0.1) is 0 Å². The van der Waals surface area contributed by atoms with E-state index in [1.54, 1.807) is 0 Å². The maximum atomic E-state index is 4.57. The summed E-state index contributed by atoms with van der Waals surface area (Å²) < 4.78 is 0. The molecule has 0 bridgehead atoms. The van der Waals surface area contributed by atoms with Crippen molar-refractivity contribution in [2.75, 3.05) is 11.4 Å². The highest BCUT2D eigenvalue weighted by molar-refractivity contribution is 5.40. The van der Waals surface area contributed by atoms with Crippen LogP contribution in [0, 0.1) is 6.92 Å². The third-order valence-corrected chi connectivity index (χ3v) is 2.80. The van der Waals surface area contributed by atoms with Crippen LogP contribution >= 0.6 is 0 Å². The lowest BCUT2D eigenvalue weighted by atomic mass is 10.2. The van der Waals surface area contributed by atoms with Gasteiger partial charge in [-0.1, -0.05) is 36.4 Å². The van der Waals surface area contributed by atoms with Crippen LogP contribution in [0.3, 0.4) is 0 Å². The first-order valence-corrected chi connectivity index (χ1v) is 6.02. The fraction of sp³-hybridized carbons (Fsp3) is 0.267. The minimum atomic E-state index is 0.911. The Balaban J connectivity index is 2.17. The SMILES string of the molecule is CCN(Cc1ccccc1)c1cccc(C)n1. The molecule has 0 unspecified atom stereocenters. The average Bonchev–Trinajstić information content (AvgIpc) is 2.37. The lowest BCUT2D eigenvalue weighted by molar-refractivity contribution is 0.811. The first-order valence-electron chi connectivity index (χ1n) is 6.02. The fourth-order valence-corrected chi connectivity index (χ4v) is 1.86. The molecule has 0 amide bonds. The van der Waals surface area contributed by atoms with Crippen molar-refractivity contribution >= 4 is 5.82 Å². The van der Waals surface area contributed by atoms with Gasteiger partial charge in [-0.05, 0) is 31.5 Å². The summed E-state index contributed by atoms with van der Waals surface area (Å²) in [4.78, 5) is 6.85. The number of nitrogens with zero attached hydrogens (tertiary/aromatic N) is 2. The Bertz CT molecular complexity index is 465. The second-order valence-corrected chi connectivity index (χ2v) is 4.14. The second-order valence-electron chi connectivity index (χ2n) is 4.14. The minimum Gasteiger partial charge on any atom is -0.353 e. The molecule has 2 aromatic rings. The highest BCUT2D eigenvalue weighted by Gasteiger charge is 2.06. The number of aryl methyl sites for hydroxylation is 1. The van der Waals surface area contributed by atoms with E-state index in [0.717, 1.165) is 24.6 Å². The van der Waals surface area contributed by atoms with Crippen LogP contribution in [0.4, 0.5) is 5.82 Å². The van der Waals surface area contributed by atoms with Crippen LogP contribution in [0.2, 0.25) is 0 Å². The van der Waals surface area contributed by atoms with Crippen molar-refractivity contribution in [1.29, 1.82) is 0 Å². The van der Waals surface area contributed by atoms with E-state index in [-0.39, 0.29) is 0 Å². The van der Waals surface area contributed by atoms with E-state index >= 15 is 0 Å². The predicted molar refractivity (Wildman–Crippen MR) is 72.1 cm³/mol. The molecule has 0 N–H and O–H groups in total. The Kier molecular flexibility index (Phi) is 3.76. The summed E-state index contributed by atoms with van der Waals surface area (Å²) >= 11 is 0. The molecule has 2 nitrogen and oxygen atoms in total. The van der Waals surface area contributed by atoms with Crippen molar-refractivity contribution in [2.45, 2.75) is 20.4 Å². The van der Waals surface area contributed by atoms with Crippen molar-refractivity contribution in [2.24, 2.45) is 0 Å². The third kappa shape index (κ3) is 3.06. The summed E-state index contributed by atoms with van der Waals surface area (Å²) in [5, 5.41) is 0. The molecule has 17 heavy (non-hydrogen) atoms. The molecular weight excluding hydrogens is 208 g/mol. The quantitative estimate of drug-likeness (QED) is 0.794. The number of rotatable bonds is 4. The van der Waals surface area contributed by atoms with Gasteiger partial charge in [0.1, 0.15) is 5.82 Å². The van der Waals surface area contributed by atoms with Gasteiger partial charge in [0.05, 0.1) is 0 Å². The number of hydrogen-bond acceptors (Lipinski definition) is 2. The van der Waals surface area contributed by atoms with E-state index in [1.807, 2.05) is 19.1 Å². The first kappa shape index (κ1) is 11.6. The van der Waals surface area contributed by atoms with Gasteiger partial charge >= 0.3 is 0 Å². The molecule has 88 valence electrons. The fourth-order valence-electron chi connectivity index (χ4n) is 1.86. The van der Waals surface area contributed by atoms with Crippen LogP contribution in [-0.2, 0) is 6.54 Å². The molecule has 2 rings (SSSR count). The van der Waals surface area contributed by atoms with E-state index in [1.165, 1.54) is 5.56 Å². The van der Waals surface area contributed by atoms with E-state index in [9.17, 15) is 0 Å². The summed E-state index contributed by atoms with van der Waals surface area (Å²) in [6.07, 6.45) is 0. The van der Waals surface area contributed by atoms with Crippen LogP contribution < -0.4 is 4.90 Å². The van der Waals surface area contributed by atoms with Crippen molar-refractivity contribution in [3.8, 4) is 0 Å². The molecule has 0 aliphatic heterocycles. The van der Waals surface area contributed by atoms with Gasteiger partial charge in [-0.3, -0.25) is 0 Å². The van der Waals surface area contributed by atoms with Gasteiger partial charge in [-0.2, -0.15) is 0 Å². The lowest BCUT2D eigenvalue weighted by Crippen LogP contribution is -2.23. The van der Waals surface area contributed by atoms with Gasteiger partial charge in [0, 0.05) is 18.8 Å². The maximum absolute atomic E-state index is 4.57. The van der Waals surface area contributed by atoms with Gasteiger partial charge in [0.25, 0.3) is 0 Å². The lowest BCUT2D eigenvalue weighted by Gasteiger charge is -2.22. The first-order chi connectivity index (χ1) is 8.29. The molecule has 1 aromatic heterocycles. The van der Waals surface area contributed by atoms with E-state index < -0.39 is 0 Å². The second kappa shape index (κ2) is 5.48. The van der Waals surface area contributed by atoms with Crippen LogP contribution in [0.25, 0.3) is 0 Å². The van der Waals surface area contributed by atoms with Crippen molar-refractivity contribution in [3.05, 3.63) is 59.8 Å². The van der Waals surface area contributed by atoms with Gasteiger partial charge < -0.3 is 4.90 Å². The van der Waals surface area contributed by atoms with Crippen LogP contribution in [0.5, 0.6) is 0 Å². The Morgan fingerprint density at radius 1 is 1.00 bits per heavy atom. The monoisotopic (exact) mass is 226 g/mol. The zero-order valence-electron chi connectivity index (χ0n) is 10.4. The molecule has 0 fully saturated rings. The Morgan fingerprint density at radius 3 is 2.41 bits per heavy atom.